The number of rotatable bonds is 4. The van der Waals surface area contributed by atoms with Gasteiger partial charge >= 0.3 is 0 Å². The van der Waals surface area contributed by atoms with E-state index in [4.69, 9.17) is 0 Å². The summed E-state index contributed by atoms with van der Waals surface area (Å²) < 4.78 is 0. The number of nitrogens with zero attached hydrogens (tertiary/aromatic N) is 1. The van der Waals surface area contributed by atoms with Gasteiger partial charge in [-0.2, -0.15) is 0 Å². The van der Waals surface area contributed by atoms with Crippen molar-refractivity contribution in [2.45, 2.75) is 44.3 Å². The lowest BCUT2D eigenvalue weighted by atomic mass is 10.0. The Kier molecular flexibility index (Phi) is 2.46. The topological polar surface area (TPSA) is 24.4 Å². The summed E-state index contributed by atoms with van der Waals surface area (Å²) in [5.41, 5.74) is 0.640. The van der Waals surface area contributed by atoms with Crippen molar-refractivity contribution in [3.63, 3.8) is 0 Å². The van der Waals surface area contributed by atoms with Gasteiger partial charge in [-0.25, -0.2) is 0 Å². The molecule has 1 unspecified atom stereocenters. The molecule has 0 aromatic rings. The third kappa shape index (κ3) is 2.17. The Morgan fingerprint density at radius 2 is 2.27 bits per heavy atom. The summed E-state index contributed by atoms with van der Waals surface area (Å²) in [5, 5.41) is 5.60. The number of hydrogen-bond acceptors (Lipinski definition) is 3. The van der Waals surface area contributed by atoms with Crippen molar-refractivity contribution in [2.24, 2.45) is 16.3 Å². The number of hydrogen-bond donors (Lipinski definition) is 1. The molecule has 0 amide bonds. The van der Waals surface area contributed by atoms with Gasteiger partial charge in [0.15, 0.2) is 5.17 Å². The third-order valence-electron chi connectivity index (χ3n) is 4.15. The smallest absolute Gasteiger partial charge is 0.156 e. The first-order valence-corrected chi connectivity index (χ1v) is 7.14. The first-order chi connectivity index (χ1) is 7.31. The van der Waals surface area contributed by atoms with Gasteiger partial charge in [0.2, 0.25) is 0 Å². The third-order valence-corrected chi connectivity index (χ3v) is 5.48. The minimum atomic E-state index is 0.640. The number of amidine groups is 1. The lowest BCUT2D eigenvalue weighted by Gasteiger charge is -2.14. The highest BCUT2D eigenvalue weighted by atomic mass is 32.2. The Bertz CT molecular complexity index is 279. The molecular weight excluding hydrogens is 204 g/mol. The summed E-state index contributed by atoms with van der Waals surface area (Å²) in [6, 6.07) is 0. The van der Waals surface area contributed by atoms with Crippen LogP contribution in [0.5, 0.6) is 0 Å². The van der Waals surface area contributed by atoms with Crippen molar-refractivity contribution in [1.29, 1.82) is 0 Å². The van der Waals surface area contributed by atoms with Crippen molar-refractivity contribution < 1.29 is 0 Å². The molecule has 84 valence electrons. The van der Waals surface area contributed by atoms with Crippen molar-refractivity contribution in [3.8, 4) is 0 Å². The van der Waals surface area contributed by atoms with E-state index in [2.05, 4.69) is 17.2 Å². The number of thioether (sulfide) groups is 1. The second kappa shape index (κ2) is 3.69. The molecule has 0 radical (unpaired) electrons. The van der Waals surface area contributed by atoms with Crippen LogP contribution in [0.4, 0.5) is 0 Å². The van der Waals surface area contributed by atoms with Gasteiger partial charge in [0, 0.05) is 11.8 Å². The Hall–Kier alpha value is -0.180. The SMILES string of the molecule is CCC1(CNC2=NCC(C3CC3)S2)CC1. The van der Waals surface area contributed by atoms with Crippen LogP contribution in [0.3, 0.4) is 0 Å². The fourth-order valence-corrected chi connectivity index (χ4v) is 3.50. The second-order valence-electron chi connectivity index (χ2n) is 5.35. The monoisotopic (exact) mass is 224 g/mol. The Balaban J connectivity index is 1.44. The maximum absolute atomic E-state index is 4.61. The predicted octanol–water partition coefficient (Wildman–Crippen LogP) is 2.65. The first kappa shape index (κ1) is 10.0. The van der Waals surface area contributed by atoms with Crippen LogP contribution in [0.25, 0.3) is 0 Å². The summed E-state index contributed by atoms with van der Waals surface area (Å²) in [6.45, 7) is 4.54. The second-order valence-corrected chi connectivity index (χ2v) is 6.57. The molecule has 15 heavy (non-hydrogen) atoms. The lowest BCUT2D eigenvalue weighted by Crippen LogP contribution is -2.27. The molecule has 1 heterocycles. The van der Waals surface area contributed by atoms with Crippen LogP contribution in [0, 0.1) is 11.3 Å². The Morgan fingerprint density at radius 3 is 2.87 bits per heavy atom. The molecule has 1 atom stereocenters. The summed E-state index contributed by atoms with van der Waals surface area (Å²) in [5.74, 6) is 0.985. The molecule has 3 aliphatic rings. The van der Waals surface area contributed by atoms with Crippen LogP contribution in [0.1, 0.15) is 39.0 Å². The summed E-state index contributed by atoms with van der Waals surface area (Å²) in [7, 11) is 0. The van der Waals surface area contributed by atoms with Crippen LogP contribution < -0.4 is 5.32 Å². The Morgan fingerprint density at radius 1 is 1.47 bits per heavy atom. The maximum Gasteiger partial charge on any atom is 0.156 e. The van der Waals surface area contributed by atoms with E-state index >= 15 is 0 Å². The fourth-order valence-electron chi connectivity index (χ4n) is 2.30. The predicted molar refractivity (Wildman–Crippen MR) is 66.4 cm³/mol. The molecule has 0 aromatic carbocycles. The van der Waals surface area contributed by atoms with E-state index in [-0.39, 0.29) is 0 Å². The maximum atomic E-state index is 4.61. The van der Waals surface area contributed by atoms with Gasteiger partial charge in [0.1, 0.15) is 0 Å². The minimum Gasteiger partial charge on any atom is -0.364 e. The zero-order chi connectivity index (χ0) is 10.3. The summed E-state index contributed by atoms with van der Waals surface area (Å²) >= 11 is 2.00. The van der Waals surface area contributed by atoms with Crippen LogP contribution in [0.2, 0.25) is 0 Å². The molecule has 1 N–H and O–H groups in total. The number of aliphatic imine (C=N–C) groups is 1. The van der Waals surface area contributed by atoms with E-state index in [1.165, 1.54) is 37.3 Å². The average Bonchev–Trinajstić information content (AvgIpc) is 3.17. The average molecular weight is 224 g/mol. The van der Waals surface area contributed by atoms with Gasteiger partial charge in [0.05, 0.1) is 6.54 Å². The standard InChI is InChI=1S/C12H20N2S/c1-2-12(5-6-12)8-14-11-13-7-10(15-11)9-3-4-9/h9-10H,2-8H2,1H3,(H,13,14). The normalized spacial score (nSPS) is 32.6. The molecule has 3 rings (SSSR count). The Labute approximate surface area is 96.3 Å². The van der Waals surface area contributed by atoms with Crippen LogP contribution in [0.15, 0.2) is 4.99 Å². The first-order valence-electron chi connectivity index (χ1n) is 6.26. The largest absolute Gasteiger partial charge is 0.364 e. The fraction of sp³-hybridized carbons (Fsp3) is 0.917. The zero-order valence-corrected chi connectivity index (χ0v) is 10.3. The highest BCUT2D eigenvalue weighted by molar-refractivity contribution is 8.14. The van der Waals surface area contributed by atoms with Gasteiger partial charge < -0.3 is 5.32 Å². The summed E-state index contributed by atoms with van der Waals surface area (Å²) in [6.07, 6.45) is 7.05. The lowest BCUT2D eigenvalue weighted by molar-refractivity contribution is 0.483. The molecule has 2 saturated carbocycles. The van der Waals surface area contributed by atoms with Crippen LogP contribution >= 0.6 is 11.8 Å². The van der Waals surface area contributed by atoms with Crippen molar-refractivity contribution in [2.75, 3.05) is 13.1 Å². The minimum absolute atomic E-state index is 0.640. The zero-order valence-electron chi connectivity index (χ0n) is 9.46. The van der Waals surface area contributed by atoms with Crippen LogP contribution in [-0.2, 0) is 0 Å². The quantitative estimate of drug-likeness (QED) is 0.794. The van der Waals surface area contributed by atoms with Gasteiger partial charge in [-0.15, -0.1) is 0 Å². The molecule has 3 heteroatoms. The van der Waals surface area contributed by atoms with E-state index in [1.54, 1.807) is 0 Å². The van der Waals surface area contributed by atoms with E-state index in [9.17, 15) is 0 Å². The van der Waals surface area contributed by atoms with Crippen molar-refractivity contribution in [3.05, 3.63) is 0 Å². The van der Waals surface area contributed by atoms with E-state index in [0.29, 0.717) is 5.41 Å². The molecule has 0 spiro atoms. The van der Waals surface area contributed by atoms with E-state index < -0.39 is 0 Å². The molecule has 2 nitrogen and oxygen atoms in total. The highest BCUT2D eigenvalue weighted by Gasteiger charge is 2.41. The molecule has 1 aliphatic heterocycles. The highest BCUT2D eigenvalue weighted by Crippen LogP contribution is 2.48. The van der Waals surface area contributed by atoms with Crippen molar-refractivity contribution >= 4 is 16.9 Å². The number of nitrogens with one attached hydrogen (secondary N) is 1. The summed E-state index contributed by atoms with van der Waals surface area (Å²) in [4.78, 5) is 4.61. The van der Waals surface area contributed by atoms with E-state index in [1.807, 2.05) is 11.8 Å². The van der Waals surface area contributed by atoms with Gasteiger partial charge in [-0.3, -0.25) is 4.99 Å². The molecule has 0 aromatic heterocycles. The van der Waals surface area contributed by atoms with Gasteiger partial charge in [-0.1, -0.05) is 18.7 Å². The molecule has 0 bridgehead atoms. The van der Waals surface area contributed by atoms with Gasteiger partial charge in [0.25, 0.3) is 0 Å². The molecule has 2 aliphatic carbocycles. The van der Waals surface area contributed by atoms with E-state index in [0.717, 1.165) is 24.3 Å². The van der Waals surface area contributed by atoms with Crippen molar-refractivity contribution in [1.82, 2.24) is 5.32 Å². The molecule has 2 fully saturated rings. The van der Waals surface area contributed by atoms with Crippen LogP contribution in [-0.4, -0.2) is 23.5 Å². The van der Waals surface area contributed by atoms with Gasteiger partial charge in [-0.05, 0) is 43.4 Å². The molecular formula is C12H20N2S. The molecule has 0 saturated heterocycles.